The summed E-state index contributed by atoms with van der Waals surface area (Å²) in [5.41, 5.74) is 3.09. The highest BCUT2D eigenvalue weighted by Crippen LogP contribution is 2.22. The molecule has 23 heavy (non-hydrogen) atoms. The lowest BCUT2D eigenvalue weighted by Gasteiger charge is -2.34. The quantitative estimate of drug-likeness (QED) is 0.804. The number of aromatic nitrogens is 3. The molecule has 1 N–H and O–H groups in total. The SMILES string of the molecule is CN1CCN(c2cccc(Nc3nc4ccccn4n3)c2)CC1. The zero-order valence-corrected chi connectivity index (χ0v) is 13.2. The molecule has 6 nitrogen and oxygen atoms in total. The van der Waals surface area contributed by atoms with Gasteiger partial charge >= 0.3 is 0 Å². The van der Waals surface area contributed by atoms with E-state index < -0.39 is 0 Å². The van der Waals surface area contributed by atoms with Gasteiger partial charge in [0.05, 0.1) is 0 Å². The van der Waals surface area contributed by atoms with Crippen LogP contribution >= 0.6 is 0 Å². The monoisotopic (exact) mass is 308 g/mol. The lowest BCUT2D eigenvalue weighted by atomic mass is 10.2. The first-order valence-corrected chi connectivity index (χ1v) is 7.90. The first-order chi connectivity index (χ1) is 11.3. The minimum atomic E-state index is 0.617. The first-order valence-electron chi connectivity index (χ1n) is 7.90. The molecule has 1 saturated heterocycles. The summed E-state index contributed by atoms with van der Waals surface area (Å²) in [7, 11) is 2.17. The van der Waals surface area contributed by atoms with E-state index in [1.54, 1.807) is 4.52 Å². The molecule has 0 aliphatic carbocycles. The van der Waals surface area contributed by atoms with Gasteiger partial charge in [-0.2, -0.15) is 4.98 Å². The number of rotatable bonds is 3. The van der Waals surface area contributed by atoms with Gasteiger partial charge in [-0.1, -0.05) is 12.1 Å². The molecule has 0 saturated carbocycles. The van der Waals surface area contributed by atoms with Crippen molar-refractivity contribution in [3.8, 4) is 0 Å². The van der Waals surface area contributed by atoms with Gasteiger partial charge in [0, 0.05) is 43.8 Å². The Balaban J connectivity index is 1.54. The Hall–Kier alpha value is -2.60. The Morgan fingerprint density at radius 2 is 1.87 bits per heavy atom. The van der Waals surface area contributed by atoms with Gasteiger partial charge in [-0.3, -0.25) is 0 Å². The number of nitrogens with one attached hydrogen (secondary N) is 1. The van der Waals surface area contributed by atoms with Crippen LogP contribution in [0.15, 0.2) is 48.7 Å². The number of fused-ring (bicyclic) bond motifs is 1. The summed E-state index contributed by atoms with van der Waals surface area (Å²) < 4.78 is 1.77. The van der Waals surface area contributed by atoms with Crippen molar-refractivity contribution >= 4 is 23.0 Å². The van der Waals surface area contributed by atoms with Crippen molar-refractivity contribution in [3.05, 3.63) is 48.7 Å². The molecule has 3 heterocycles. The van der Waals surface area contributed by atoms with Gasteiger partial charge < -0.3 is 15.1 Å². The van der Waals surface area contributed by atoms with Crippen molar-refractivity contribution in [3.63, 3.8) is 0 Å². The molecule has 1 aliphatic rings. The third-order valence-electron chi connectivity index (χ3n) is 4.21. The predicted molar refractivity (Wildman–Crippen MR) is 92.4 cm³/mol. The highest BCUT2D eigenvalue weighted by molar-refractivity contribution is 5.63. The molecular weight excluding hydrogens is 288 g/mol. The maximum atomic E-state index is 4.48. The predicted octanol–water partition coefficient (Wildman–Crippen LogP) is 2.22. The number of hydrogen-bond acceptors (Lipinski definition) is 5. The van der Waals surface area contributed by atoms with Gasteiger partial charge in [0.15, 0.2) is 5.65 Å². The zero-order chi connectivity index (χ0) is 15.6. The number of anilines is 3. The number of piperazine rings is 1. The average molecular weight is 308 g/mol. The fraction of sp³-hybridized carbons (Fsp3) is 0.294. The largest absolute Gasteiger partial charge is 0.369 e. The van der Waals surface area contributed by atoms with E-state index in [-0.39, 0.29) is 0 Å². The van der Waals surface area contributed by atoms with Crippen LogP contribution in [-0.4, -0.2) is 52.7 Å². The summed E-state index contributed by atoms with van der Waals surface area (Å²) in [5, 5.41) is 7.74. The highest BCUT2D eigenvalue weighted by atomic mass is 15.3. The maximum Gasteiger partial charge on any atom is 0.247 e. The summed E-state index contributed by atoms with van der Waals surface area (Å²) >= 11 is 0. The zero-order valence-electron chi connectivity index (χ0n) is 13.2. The molecule has 6 heteroatoms. The molecule has 0 bridgehead atoms. The fourth-order valence-corrected chi connectivity index (χ4v) is 2.86. The number of hydrogen-bond donors (Lipinski definition) is 1. The van der Waals surface area contributed by atoms with E-state index in [4.69, 9.17) is 0 Å². The summed E-state index contributed by atoms with van der Waals surface area (Å²) in [4.78, 5) is 9.26. The van der Waals surface area contributed by atoms with Crippen LogP contribution in [0.3, 0.4) is 0 Å². The second-order valence-electron chi connectivity index (χ2n) is 5.90. The Morgan fingerprint density at radius 3 is 2.70 bits per heavy atom. The first kappa shape index (κ1) is 14.0. The Morgan fingerprint density at radius 1 is 1.00 bits per heavy atom. The van der Waals surface area contributed by atoms with Crippen molar-refractivity contribution in [2.75, 3.05) is 43.4 Å². The lowest BCUT2D eigenvalue weighted by molar-refractivity contribution is 0.313. The van der Waals surface area contributed by atoms with Crippen molar-refractivity contribution < 1.29 is 0 Å². The summed E-state index contributed by atoms with van der Waals surface area (Å²) in [6.07, 6.45) is 1.90. The van der Waals surface area contributed by atoms with Crippen molar-refractivity contribution in [2.45, 2.75) is 0 Å². The summed E-state index contributed by atoms with van der Waals surface area (Å²) in [6.45, 7) is 4.33. The molecule has 0 radical (unpaired) electrons. The molecule has 118 valence electrons. The fourth-order valence-electron chi connectivity index (χ4n) is 2.86. The third kappa shape index (κ3) is 2.98. The van der Waals surface area contributed by atoms with E-state index in [2.05, 4.69) is 50.4 Å². The number of likely N-dealkylation sites (N-methyl/N-ethyl adjacent to an activating group) is 1. The number of pyridine rings is 1. The topological polar surface area (TPSA) is 48.7 Å². The van der Waals surface area contributed by atoms with E-state index in [0.29, 0.717) is 5.95 Å². The molecule has 1 aromatic carbocycles. The Kier molecular flexibility index (Phi) is 3.59. The number of benzene rings is 1. The van der Waals surface area contributed by atoms with Crippen molar-refractivity contribution in [1.29, 1.82) is 0 Å². The molecule has 0 spiro atoms. The standard InChI is InChI=1S/C17H20N6/c1-21-9-11-22(12-10-21)15-6-4-5-14(13-15)18-17-19-16-7-2-3-8-23(16)20-17/h2-8,13H,9-12H2,1H3,(H,18,20). The van der Waals surface area contributed by atoms with E-state index in [0.717, 1.165) is 37.5 Å². The normalized spacial score (nSPS) is 16.0. The lowest BCUT2D eigenvalue weighted by Crippen LogP contribution is -2.44. The van der Waals surface area contributed by atoms with Crippen molar-refractivity contribution in [2.24, 2.45) is 0 Å². The molecule has 3 aromatic rings. The van der Waals surface area contributed by atoms with Gasteiger partial charge in [0.1, 0.15) is 0 Å². The molecule has 4 rings (SSSR count). The molecule has 2 aromatic heterocycles. The molecule has 1 fully saturated rings. The Bertz CT molecular complexity index is 770. The van der Waals surface area contributed by atoms with Gasteiger partial charge in [-0.15, -0.1) is 5.10 Å². The molecule has 1 aliphatic heterocycles. The van der Waals surface area contributed by atoms with Crippen LogP contribution in [0, 0.1) is 0 Å². The molecule has 0 unspecified atom stereocenters. The number of nitrogens with zero attached hydrogens (tertiary/aromatic N) is 5. The van der Waals surface area contributed by atoms with Crippen LogP contribution < -0.4 is 10.2 Å². The Labute approximate surface area is 135 Å². The van der Waals surface area contributed by atoms with E-state index >= 15 is 0 Å². The van der Waals surface area contributed by atoms with Gasteiger partial charge in [-0.05, 0) is 37.4 Å². The molecule has 0 atom stereocenters. The van der Waals surface area contributed by atoms with Crippen LogP contribution in [0.1, 0.15) is 0 Å². The van der Waals surface area contributed by atoms with Crippen LogP contribution in [0.2, 0.25) is 0 Å². The van der Waals surface area contributed by atoms with Gasteiger partial charge in [-0.25, -0.2) is 4.52 Å². The average Bonchev–Trinajstić information content (AvgIpc) is 2.98. The molecular formula is C17H20N6. The van der Waals surface area contributed by atoms with E-state index in [9.17, 15) is 0 Å². The van der Waals surface area contributed by atoms with Gasteiger partial charge in [0.2, 0.25) is 5.95 Å². The van der Waals surface area contributed by atoms with Crippen molar-refractivity contribution in [1.82, 2.24) is 19.5 Å². The van der Waals surface area contributed by atoms with E-state index in [1.165, 1.54) is 5.69 Å². The summed E-state index contributed by atoms with van der Waals surface area (Å²) in [6, 6.07) is 14.3. The second kappa shape index (κ2) is 5.89. The third-order valence-corrected chi connectivity index (χ3v) is 4.21. The van der Waals surface area contributed by atoms with Crippen LogP contribution in [0.5, 0.6) is 0 Å². The van der Waals surface area contributed by atoms with Crippen LogP contribution in [0.25, 0.3) is 5.65 Å². The van der Waals surface area contributed by atoms with Crippen LogP contribution in [-0.2, 0) is 0 Å². The van der Waals surface area contributed by atoms with Gasteiger partial charge in [0.25, 0.3) is 0 Å². The second-order valence-corrected chi connectivity index (χ2v) is 5.90. The minimum Gasteiger partial charge on any atom is -0.369 e. The van der Waals surface area contributed by atoms with E-state index in [1.807, 2.05) is 30.5 Å². The van der Waals surface area contributed by atoms with Crippen LogP contribution in [0.4, 0.5) is 17.3 Å². The minimum absolute atomic E-state index is 0.617. The maximum absolute atomic E-state index is 4.48. The highest BCUT2D eigenvalue weighted by Gasteiger charge is 2.14. The molecule has 0 amide bonds. The smallest absolute Gasteiger partial charge is 0.247 e. The summed E-state index contributed by atoms with van der Waals surface area (Å²) in [5.74, 6) is 0.617.